The van der Waals surface area contributed by atoms with Crippen LogP contribution in [0.1, 0.15) is 11.1 Å². The van der Waals surface area contributed by atoms with Crippen LogP contribution in [0.5, 0.6) is 17.2 Å². The Morgan fingerprint density at radius 2 is 1.96 bits per heavy atom. The fraction of sp³-hybridized carbons (Fsp3) is 0.278. The van der Waals surface area contributed by atoms with Crippen molar-refractivity contribution in [1.29, 1.82) is 0 Å². The van der Waals surface area contributed by atoms with Crippen molar-refractivity contribution in [2.75, 3.05) is 25.1 Å². The topological polar surface area (TPSA) is 56.8 Å². The second-order valence-electron chi connectivity index (χ2n) is 5.56. The number of hydrogen-bond acceptors (Lipinski definition) is 4. The third-order valence-electron chi connectivity index (χ3n) is 4.03. The van der Waals surface area contributed by atoms with Gasteiger partial charge in [0.2, 0.25) is 0 Å². The van der Waals surface area contributed by atoms with Crippen molar-refractivity contribution < 1.29 is 19.0 Å². The highest BCUT2D eigenvalue weighted by molar-refractivity contribution is 5.95. The molecule has 118 valence electrons. The molecule has 5 heteroatoms. The van der Waals surface area contributed by atoms with Crippen molar-refractivity contribution >= 4 is 11.6 Å². The summed E-state index contributed by atoms with van der Waals surface area (Å²) in [6.07, 6.45) is 1.62. The lowest BCUT2D eigenvalue weighted by Crippen LogP contribution is -2.21. The van der Waals surface area contributed by atoms with Crippen LogP contribution >= 0.6 is 0 Å². The lowest BCUT2D eigenvalue weighted by atomic mass is 10.0. The van der Waals surface area contributed by atoms with Crippen LogP contribution in [0.4, 0.5) is 5.69 Å². The van der Waals surface area contributed by atoms with Gasteiger partial charge in [-0.25, -0.2) is 0 Å². The van der Waals surface area contributed by atoms with Crippen molar-refractivity contribution in [3.63, 3.8) is 0 Å². The number of fused-ring (bicyclic) bond motifs is 2. The Morgan fingerprint density at radius 1 is 1.13 bits per heavy atom. The van der Waals surface area contributed by atoms with Gasteiger partial charge < -0.3 is 19.5 Å². The van der Waals surface area contributed by atoms with E-state index in [0.717, 1.165) is 41.2 Å². The molecular formula is C18H17NO4. The molecule has 4 rings (SSSR count). The lowest BCUT2D eigenvalue weighted by molar-refractivity contribution is -0.118. The van der Waals surface area contributed by atoms with Gasteiger partial charge in [-0.05, 0) is 18.2 Å². The van der Waals surface area contributed by atoms with Crippen molar-refractivity contribution in [3.05, 3.63) is 47.5 Å². The van der Waals surface area contributed by atoms with Gasteiger partial charge in [0.05, 0.1) is 18.9 Å². The summed E-state index contributed by atoms with van der Waals surface area (Å²) in [5, 5.41) is 2.94. The molecule has 0 aliphatic carbocycles. The summed E-state index contributed by atoms with van der Waals surface area (Å²) >= 11 is 0. The second-order valence-corrected chi connectivity index (χ2v) is 5.56. The van der Waals surface area contributed by atoms with Crippen LogP contribution in [0.25, 0.3) is 0 Å². The van der Waals surface area contributed by atoms with Crippen LogP contribution in [0, 0.1) is 0 Å². The third kappa shape index (κ3) is 2.70. The van der Waals surface area contributed by atoms with Gasteiger partial charge in [-0.3, -0.25) is 4.79 Å². The number of carbonyl (C=O) groups is 1. The minimum absolute atomic E-state index is 0.0384. The highest BCUT2D eigenvalue weighted by Crippen LogP contribution is 2.44. The molecule has 2 aliphatic heterocycles. The van der Waals surface area contributed by atoms with Crippen molar-refractivity contribution in [2.24, 2.45) is 0 Å². The molecule has 0 spiro atoms. The summed E-state index contributed by atoms with van der Waals surface area (Å²) in [5.74, 6) is 2.11. The molecule has 0 aromatic heterocycles. The SMILES string of the molecule is O=C(COc1ccccc1)Nc1c2c(cc3c1OCC3)OCC2. The first kappa shape index (κ1) is 13.9. The van der Waals surface area contributed by atoms with Gasteiger partial charge in [-0.2, -0.15) is 0 Å². The molecular weight excluding hydrogens is 294 g/mol. The number of nitrogens with one attached hydrogen (secondary N) is 1. The van der Waals surface area contributed by atoms with Crippen molar-refractivity contribution in [1.82, 2.24) is 0 Å². The van der Waals surface area contributed by atoms with Crippen LogP contribution in [0.15, 0.2) is 36.4 Å². The number of anilines is 1. The Balaban J connectivity index is 1.51. The zero-order chi connectivity index (χ0) is 15.6. The first-order valence-corrected chi connectivity index (χ1v) is 7.73. The number of carbonyl (C=O) groups excluding carboxylic acids is 1. The number of rotatable bonds is 4. The van der Waals surface area contributed by atoms with E-state index in [2.05, 4.69) is 5.32 Å². The van der Waals surface area contributed by atoms with E-state index in [9.17, 15) is 4.79 Å². The number of para-hydroxylation sites is 1. The molecule has 2 aromatic carbocycles. The zero-order valence-corrected chi connectivity index (χ0v) is 12.6. The average molecular weight is 311 g/mol. The van der Waals surface area contributed by atoms with Crippen molar-refractivity contribution in [2.45, 2.75) is 12.8 Å². The van der Waals surface area contributed by atoms with E-state index in [0.29, 0.717) is 19.0 Å². The summed E-state index contributed by atoms with van der Waals surface area (Å²) in [7, 11) is 0. The number of amides is 1. The van der Waals surface area contributed by atoms with Crippen LogP contribution in [0.2, 0.25) is 0 Å². The lowest BCUT2D eigenvalue weighted by Gasteiger charge is -2.14. The van der Waals surface area contributed by atoms with Gasteiger partial charge >= 0.3 is 0 Å². The van der Waals surface area contributed by atoms with Crippen LogP contribution in [-0.2, 0) is 17.6 Å². The van der Waals surface area contributed by atoms with E-state index in [1.54, 1.807) is 0 Å². The Morgan fingerprint density at radius 3 is 2.83 bits per heavy atom. The maximum absolute atomic E-state index is 12.3. The summed E-state index contributed by atoms with van der Waals surface area (Å²) < 4.78 is 16.8. The quantitative estimate of drug-likeness (QED) is 0.943. The Bertz CT molecular complexity index is 710. The van der Waals surface area contributed by atoms with Gasteiger partial charge in [0.15, 0.2) is 6.61 Å². The maximum atomic E-state index is 12.3. The van der Waals surface area contributed by atoms with E-state index < -0.39 is 0 Å². The van der Waals surface area contributed by atoms with Gasteiger partial charge in [-0.1, -0.05) is 18.2 Å². The molecule has 1 N–H and O–H groups in total. The Labute approximate surface area is 134 Å². The predicted molar refractivity (Wildman–Crippen MR) is 85.4 cm³/mol. The minimum Gasteiger partial charge on any atom is -0.493 e. The second kappa shape index (κ2) is 5.83. The zero-order valence-electron chi connectivity index (χ0n) is 12.6. The Kier molecular flexibility index (Phi) is 3.54. The number of ether oxygens (including phenoxy) is 3. The third-order valence-corrected chi connectivity index (χ3v) is 4.03. The first-order valence-electron chi connectivity index (χ1n) is 7.73. The maximum Gasteiger partial charge on any atom is 0.262 e. The Hall–Kier alpha value is -2.69. The van der Waals surface area contributed by atoms with E-state index >= 15 is 0 Å². The summed E-state index contributed by atoms with van der Waals surface area (Å²) in [6.45, 7) is 1.24. The standard InChI is InChI=1S/C18H17NO4/c20-16(11-23-13-4-2-1-3-5-13)19-17-14-7-9-21-15(14)10-12-6-8-22-18(12)17/h1-5,10H,6-9,11H2,(H,19,20). The van der Waals surface area contributed by atoms with Crippen LogP contribution in [0.3, 0.4) is 0 Å². The van der Waals surface area contributed by atoms with E-state index in [1.165, 1.54) is 0 Å². The molecule has 2 heterocycles. The van der Waals surface area contributed by atoms with Gasteiger partial charge in [-0.15, -0.1) is 0 Å². The molecule has 0 radical (unpaired) electrons. The van der Waals surface area contributed by atoms with Crippen LogP contribution in [-0.4, -0.2) is 25.7 Å². The molecule has 0 saturated carbocycles. The van der Waals surface area contributed by atoms with Gasteiger partial charge in [0.1, 0.15) is 17.2 Å². The summed E-state index contributed by atoms with van der Waals surface area (Å²) in [5.41, 5.74) is 2.85. The van der Waals surface area contributed by atoms with Gasteiger partial charge in [0, 0.05) is 24.0 Å². The average Bonchev–Trinajstić information content (AvgIpc) is 3.22. The van der Waals surface area contributed by atoms with Crippen molar-refractivity contribution in [3.8, 4) is 17.2 Å². The first-order chi connectivity index (χ1) is 11.3. The molecule has 0 atom stereocenters. The summed E-state index contributed by atoms with van der Waals surface area (Å²) in [6, 6.07) is 11.3. The summed E-state index contributed by atoms with van der Waals surface area (Å²) in [4.78, 5) is 12.3. The van der Waals surface area contributed by atoms with E-state index in [4.69, 9.17) is 14.2 Å². The fourth-order valence-corrected chi connectivity index (χ4v) is 2.96. The van der Waals surface area contributed by atoms with Gasteiger partial charge in [0.25, 0.3) is 5.91 Å². The fourth-order valence-electron chi connectivity index (χ4n) is 2.96. The molecule has 2 aliphatic rings. The van der Waals surface area contributed by atoms with Crippen LogP contribution < -0.4 is 19.5 Å². The molecule has 5 nitrogen and oxygen atoms in total. The normalized spacial score (nSPS) is 14.4. The largest absolute Gasteiger partial charge is 0.493 e. The molecule has 0 bridgehead atoms. The molecule has 1 amide bonds. The molecule has 2 aromatic rings. The minimum atomic E-state index is -0.202. The number of benzene rings is 2. The number of hydrogen-bond donors (Lipinski definition) is 1. The van der Waals surface area contributed by atoms with E-state index in [1.807, 2.05) is 36.4 Å². The predicted octanol–water partition coefficient (Wildman–Crippen LogP) is 2.57. The highest BCUT2D eigenvalue weighted by atomic mass is 16.5. The monoisotopic (exact) mass is 311 g/mol. The molecule has 0 unspecified atom stereocenters. The molecule has 0 fully saturated rings. The van der Waals surface area contributed by atoms with E-state index in [-0.39, 0.29) is 12.5 Å². The smallest absolute Gasteiger partial charge is 0.262 e. The molecule has 23 heavy (non-hydrogen) atoms. The molecule has 0 saturated heterocycles. The highest BCUT2D eigenvalue weighted by Gasteiger charge is 2.27.